The SMILES string of the molecule is CC/C=C\C/C=C\C/C=C\C/C=C\C/C=C\C/C=C\CCC(=O)OCC(COCCCCCCCC/C=C\C/C=C\C/C=C\CC)OC(=O)CCCCCCCCC. The van der Waals surface area contributed by atoms with Gasteiger partial charge >= 0.3 is 11.9 Å². The first kappa shape index (κ1) is 54.6. The Morgan fingerprint density at radius 1 is 0.397 bits per heavy atom. The van der Waals surface area contributed by atoms with Crippen molar-refractivity contribution in [1.82, 2.24) is 0 Å². The summed E-state index contributed by atoms with van der Waals surface area (Å²) in [7, 11) is 0. The van der Waals surface area contributed by atoms with Gasteiger partial charge in [0.05, 0.1) is 6.61 Å². The summed E-state index contributed by atoms with van der Waals surface area (Å²) < 4.78 is 17.2. The fourth-order valence-electron chi connectivity index (χ4n) is 5.90. The number of hydrogen-bond acceptors (Lipinski definition) is 5. The van der Waals surface area contributed by atoms with E-state index in [1.54, 1.807) is 0 Å². The van der Waals surface area contributed by atoms with Crippen molar-refractivity contribution in [3.63, 3.8) is 0 Å². The monoisotopic (exact) mass is 803 g/mol. The standard InChI is InChI=1S/C53H86O5/c1-4-7-10-13-16-18-20-22-24-26-27-28-29-31-33-35-38-40-43-46-52(54)57-50-51(58-53(55)47-44-41-37-15-12-9-6-3)49-56-48-45-42-39-36-34-32-30-25-23-21-19-17-14-11-8-5-2/h7-8,10-11,16-19,22-25,27-28,31,33,38,40,51H,4-6,9,12-15,20-21,26,29-30,32,34-37,39,41-50H2,1-3H3/b10-7-,11-8-,18-16-,19-17-,24-22-,25-23-,28-27-,33-31-,40-38-. The molecule has 0 saturated carbocycles. The summed E-state index contributed by atoms with van der Waals surface area (Å²) >= 11 is 0. The minimum Gasteiger partial charge on any atom is -0.462 e. The zero-order valence-corrected chi connectivity index (χ0v) is 37.5. The van der Waals surface area contributed by atoms with Crippen molar-refractivity contribution in [3.05, 3.63) is 109 Å². The maximum Gasteiger partial charge on any atom is 0.306 e. The third-order valence-electron chi connectivity index (χ3n) is 9.32. The van der Waals surface area contributed by atoms with E-state index in [2.05, 4.69) is 124 Å². The Hall–Kier alpha value is -3.44. The molecule has 0 aliphatic rings. The summed E-state index contributed by atoms with van der Waals surface area (Å²) in [5, 5.41) is 0. The summed E-state index contributed by atoms with van der Waals surface area (Å²) in [5.41, 5.74) is 0. The molecule has 0 amide bonds. The summed E-state index contributed by atoms with van der Waals surface area (Å²) in [6, 6.07) is 0. The van der Waals surface area contributed by atoms with Crippen LogP contribution in [0.3, 0.4) is 0 Å². The van der Waals surface area contributed by atoms with Crippen LogP contribution in [0.4, 0.5) is 0 Å². The van der Waals surface area contributed by atoms with Crippen molar-refractivity contribution in [2.75, 3.05) is 19.8 Å². The van der Waals surface area contributed by atoms with Crippen LogP contribution in [0.2, 0.25) is 0 Å². The fraction of sp³-hybridized carbons (Fsp3) is 0.623. The van der Waals surface area contributed by atoms with Crippen LogP contribution in [0, 0.1) is 0 Å². The predicted octanol–water partition coefficient (Wildman–Crippen LogP) is 15.7. The molecule has 0 radical (unpaired) electrons. The Bertz CT molecular complexity index is 1180. The highest BCUT2D eigenvalue weighted by atomic mass is 16.6. The van der Waals surface area contributed by atoms with E-state index in [-0.39, 0.29) is 25.2 Å². The number of ether oxygens (including phenoxy) is 3. The smallest absolute Gasteiger partial charge is 0.306 e. The first-order chi connectivity index (χ1) is 28.6. The topological polar surface area (TPSA) is 61.8 Å². The van der Waals surface area contributed by atoms with Gasteiger partial charge in [0.1, 0.15) is 6.61 Å². The van der Waals surface area contributed by atoms with Crippen molar-refractivity contribution in [1.29, 1.82) is 0 Å². The molecule has 0 heterocycles. The Morgan fingerprint density at radius 3 is 1.31 bits per heavy atom. The maximum atomic E-state index is 12.6. The highest BCUT2D eigenvalue weighted by molar-refractivity contribution is 5.70. The summed E-state index contributed by atoms with van der Waals surface area (Å²) in [6.45, 7) is 7.44. The van der Waals surface area contributed by atoms with E-state index in [1.807, 2.05) is 6.08 Å². The van der Waals surface area contributed by atoms with E-state index in [4.69, 9.17) is 14.2 Å². The van der Waals surface area contributed by atoms with Crippen LogP contribution < -0.4 is 0 Å². The van der Waals surface area contributed by atoms with Gasteiger partial charge < -0.3 is 14.2 Å². The number of esters is 2. The van der Waals surface area contributed by atoms with Crippen molar-refractivity contribution in [2.45, 2.75) is 194 Å². The molecule has 0 bridgehead atoms. The zero-order chi connectivity index (χ0) is 42.1. The summed E-state index contributed by atoms with van der Waals surface area (Å²) in [6.07, 6.45) is 65.4. The molecule has 5 nitrogen and oxygen atoms in total. The third kappa shape index (κ3) is 45.3. The van der Waals surface area contributed by atoms with Gasteiger partial charge in [-0.1, -0.05) is 194 Å². The number of unbranched alkanes of at least 4 members (excludes halogenated alkanes) is 12. The van der Waals surface area contributed by atoms with Gasteiger partial charge in [0.2, 0.25) is 0 Å². The Kier molecular flexibility index (Phi) is 45.1. The quantitative estimate of drug-likeness (QED) is 0.0350. The van der Waals surface area contributed by atoms with Crippen molar-refractivity contribution in [3.8, 4) is 0 Å². The van der Waals surface area contributed by atoms with Crippen LogP contribution in [-0.4, -0.2) is 37.9 Å². The van der Waals surface area contributed by atoms with Gasteiger partial charge in [-0.15, -0.1) is 0 Å². The van der Waals surface area contributed by atoms with Gasteiger partial charge in [-0.25, -0.2) is 0 Å². The molecule has 1 unspecified atom stereocenters. The molecule has 0 saturated heterocycles. The third-order valence-corrected chi connectivity index (χ3v) is 9.32. The van der Waals surface area contributed by atoms with Crippen LogP contribution in [-0.2, 0) is 23.8 Å². The molecule has 328 valence electrons. The second-order valence-electron chi connectivity index (χ2n) is 14.9. The highest BCUT2D eigenvalue weighted by Crippen LogP contribution is 2.11. The molecule has 0 aromatic rings. The van der Waals surface area contributed by atoms with E-state index in [1.165, 1.54) is 51.4 Å². The second kappa shape index (κ2) is 47.9. The molecule has 0 aliphatic carbocycles. The van der Waals surface area contributed by atoms with Crippen LogP contribution in [0.15, 0.2) is 109 Å². The largest absolute Gasteiger partial charge is 0.462 e. The van der Waals surface area contributed by atoms with E-state index in [9.17, 15) is 9.59 Å². The lowest BCUT2D eigenvalue weighted by molar-refractivity contribution is -0.162. The minimum absolute atomic E-state index is 0.0341. The number of allylic oxidation sites excluding steroid dienone is 18. The average Bonchev–Trinajstić information content (AvgIpc) is 3.22. The van der Waals surface area contributed by atoms with Crippen molar-refractivity contribution >= 4 is 11.9 Å². The van der Waals surface area contributed by atoms with Crippen LogP contribution in [0.1, 0.15) is 188 Å². The fourth-order valence-corrected chi connectivity index (χ4v) is 5.90. The zero-order valence-electron chi connectivity index (χ0n) is 37.5. The molecule has 0 spiro atoms. The number of carbonyl (C=O) groups is 2. The first-order valence-electron chi connectivity index (χ1n) is 23.4. The number of carbonyl (C=O) groups excluding carboxylic acids is 2. The molecule has 5 heteroatoms. The minimum atomic E-state index is -0.576. The molecule has 0 aromatic heterocycles. The molecule has 0 N–H and O–H groups in total. The van der Waals surface area contributed by atoms with Gasteiger partial charge in [-0.2, -0.15) is 0 Å². The lowest BCUT2D eigenvalue weighted by Crippen LogP contribution is -2.30. The molecule has 0 rings (SSSR count). The highest BCUT2D eigenvalue weighted by Gasteiger charge is 2.17. The maximum absolute atomic E-state index is 12.6. The molecule has 0 fully saturated rings. The molecular weight excluding hydrogens is 717 g/mol. The van der Waals surface area contributed by atoms with Gasteiger partial charge in [0.15, 0.2) is 6.10 Å². The molecular formula is C53H86O5. The van der Waals surface area contributed by atoms with Crippen molar-refractivity contribution < 1.29 is 23.8 Å². The van der Waals surface area contributed by atoms with E-state index < -0.39 is 6.10 Å². The van der Waals surface area contributed by atoms with Crippen LogP contribution in [0.25, 0.3) is 0 Å². The molecule has 1 atom stereocenters. The number of rotatable bonds is 41. The Labute approximate surface area is 357 Å². The van der Waals surface area contributed by atoms with E-state index in [0.717, 1.165) is 96.3 Å². The lowest BCUT2D eigenvalue weighted by atomic mass is 10.1. The molecule has 0 aliphatic heterocycles. The molecule has 0 aromatic carbocycles. The number of hydrogen-bond donors (Lipinski definition) is 0. The van der Waals surface area contributed by atoms with Crippen molar-refractivity contribution in [2.24, 2.45) is 0 Å². The first-order valence-corrected chi connectivity index (χ1v) is 23.4. The van der Waals surface area contributed by atoms with E-state index in [0.29, 0.717) is 25.9 Å². The normalized spacial score (nSPS) is 13.2. The van der Waals surface area contributed by atoms with Gasteiger partial charge in [0.25, 0.3) is 0 Å². The van der Waals surface area contributed by atoms with Gasteiger partial charge in [-0.3, -0.25) is 9.59 Å². The summed E-state index contributed by atoms with van der Waals surface area (Å²) in [4.78, 5) is 25.1. The lowest BCUT2D eigenvalue weighted by Gasteiger charge is -2.18. The molecule has 58 heavy (non-hydrogen) atoms. The average molecular weight is 803 g/mol. The Morgan fingerprint density at radius 2 is 0.810 bits per heavy atom. The van der Waals surface area contributed by atoms with Crippen LogP contribution in [0.5, 0.6) is 0 Å². The summed E-state index contributed by atoms with van der Waals surface area (Å²) in [5.74, 6) is -0.516. The van der Waals surface area contributed by atoms with Gasteiger partial charge in [-0.05, 0) is 89.9 Å². The predicted molar refractivity (Wildman–Crippen MR) is 251 cm³/mol. The van der Waals surface area contributed by atoms with Crippen LogP contribution >= 0.6 is 0 Å². The van der Waals surface area contributed by atoms with E-state index >= 15 is 0 Å². The Balaban J connectivity index is 4.31. The van der Waals surface area contributed by atoms with Gasteiger partial charge in [0, 0.05) is 19.4 Å². The second-order valence-corrected chi connectivity index (χ2v) is 14.9.